The highest BCUT2D eigenvalue weighted by Crippen LogP contribution is 2.25. The third-order valence-corrected chi connectivity index (χ3v) is 2.73. The summed E-state index contributed by atoms with van der Waals surface area (Å²) < 4.78 is 5.55. The fourth-order valence-corrected chi connectivity index (χ4v) is 1.76. The lowest BCUT2D eigenvalue weighted by Crippen LogP contribution is -2.18. The van der Waals surface area contributed by atoms with Gasteiger partial charge >= 0.3 is 0 Å². The number of hydrogen-bond acceptors (Lipinski definition) is 4. The van der Waals surface area contributed by atoms with E-state index in [1.54, 1.807) is 18.2 Å². The second-order valence-electron chi connectivity index (χ2n) is 3.06. The molecule has 1 amide bonds. The van der Waals surface area contributed by atoms with Crippen molar-refractivity contribution in [3.8, 4) is 5.75 Å². The van der Waals surface area contributed by atoms with Crippen LogP contribution in [-0.2, 0) is 9.53 Å². The van der Waals surface area contributed by atoms with Crippen LogP contribution in [0.4, 0.5) is 0 Å². The highest BCUT2D eigenvalue weighted by Gasteiger charge is 2.22. The number of benzene rings is 1. The highest BCUT2D eigenvalue weighted by atomic mass is 79.9. The van der Waals surface area contributed by atoms with E-state index in [1.807, 2.05) is 0 Å². The molecule has 4 nitrogen and oxygen atoms in total. The molecule has 82 valence electrons. The molecule has 1 heterocycles. The lowest BCUT2D eigenvalue weighted by molar-refractivity contribution is -0.116. The second kappa shape index (κ2) is 4.23. The SMILES string of the molecule is O=C1NC(=S)O/C1=C\c1ccc(O)c(Br)c1. The first kappa shape index (κ1) is 11.1. The van der Waals surface area contributed by atoms with Crippen LogP contribution in [0.25, 0.3) is 6.08 Å². The number of carbonyl (C=O) groups is 1. The lowest BCUT2D eigenvalue weighted by Gasteiger charge is -1.99. The predicted octanol–water partition coefficient (Wildman–Crippen LogP) is 1.93. The van der Waals surface area contributed by atoms with Gasteiger partial charge in [-0.15, -0.1) is 0 Å². The van der Waals surface area contributed by atoms with Crippen LogP contribution < -0.4 is 5.32 Å². The summed E-state index contributed by atoms with van der Waals surface area (Å²) >= 11 is 7.87. The summed E-state index contributed by atoms with van der Waals surface area (Å²) in [5.41, 5.74) is 0.722. The monoisotopic (exact) mass is 299 g/mol. The molecule has 1 aliphatic rings. The van der Waals surface area contributed by atoms with Crippen LogP contribution in [0.15, 0.2) is 28.4 Å². The third kappa shape index (κ3) is 2.23. The Kier molecular flexibility index (Phi) is 2.93. The van der Waals surface area contributed by atoms with E-state index in [1.165, 1.54) is 6.07 Å². The number of amides is 1. The molecule has 6 heteroatoms. The van der Waals surface area contributed by atoms with Crippen molar-refractivity contribution >= 4 is 45.3 Å². The topological polar surface area (TPSA) is 58.6 Å². The van der Waals surface area contributed by atoms with Gasteiger partial charge in [0.05, 0.1) is 4.47 Å². The van der Waals surface area contributed by atoms with Crippen LogP contribution in [0.3, 0.4) is 0 Å². The van der Waals surface area contributed by atoms with Gasteiger partial charge in [-0.05, 0) is 51.9 Å². The molecule has 0 aromatic heterocycles. The van der Waals surface area contributed by atoms with Crippen molar-refractivity contribution in [2.75, 3.05) is 0 Å². The van der Waals surface area contributed by atoms with Gasteiger partial charge in [-0.2, -0.15) is 0 Å². The molecule has 1 aromatic rings. The largest absolute Gasteiger partial charge is 0.507 e. The fourth-order valence-electron chi connectivity index (χ4n) is 1.19. The van der Waals surface area contributed by atoms with E-state index in [9.17, 15) is 9.90 Å². The number of halogens is 1. The Morgan fingerprint density at radius 1 is 1.50 bits per heavy atom. The quantitative estimate of drug-likeness (QED) is 0.614. The molecule has 0 atom stereocenters. The molecule has 0 spiro atoms. The molecule has 1 aromatic carbocycles. The van der Waals surface area contributed by atoms with E-state index in [-0.39, 0.29) is 22.6 Å². The molecule has 0 bridgehead atoms. The fraction of sp³-hybridized carbons (Fsp3) is 0. The Balaban J connectivity index is 2.32. The number of aromatic hydroxyl groups is 1. The van der Waals surface area contributed by atoms with Crippen LogP contribution in [0, 0.1) is 0 Å². The number of nitrogens with one attached hydrogen (secondary N) is 1. The van der Waals surface area contributed by atoms with Crippen molar-refractivity contribution in [3.05, 3.63) is 34.0 Å². The molecular weight excluding hydrogens is 294 g/mol. The maximum absolute atomic E-state index is 11.3. The highest BCUT2D eigenvalue weighted by molar-refractivity contribution is 9.10. The summed E-state index contributed by atoms with van der Waals surface area (Å²) in [5, 5.41) is 11.7. The van der Waals surface area contributed by atoms with Crippen LogP contribution in [0.2, 0.25) is 0 Å². The van der Waals surface area contributed by atoms with E-state index in [0.717, 1.165) is 5.56 Å². The number of ether oxygens (including phenoxy) is 1. The van der Waals surface area contributed by atoms with Crippen molar-refractivity contribution in [2.45, 2.75) is 0 Å². The van der Waals surface area contributed by atoms with E-state index in [2.05, 4.69) is 21.2 Å². The minimum atomic E-state index is -0.366. The molecular formula is C10H6BrNO3S. The molecule has 0 saturated carbocycles. The zero-order chi connectivity index (χ0) is 11.7. The van der Waals surface area contributed by atoms with Gasteiger partial charge in [-0.3, -0.25) is 10.1 Å². The zero-order valence-corrected chi connectivity index (χ0v) is 10.3. The predicted molar refractivity (Wildman–Crippen MR) is 65.6 cm³/mol. The number of rotatable bonds is 1. The van der Waals surface area contributed by atoms with Crippen LogP contribution in [-0.4, -0.2) is 16.2 Å². The van der Waals surface area contributed by atoms with Crippen molar-refractivity contribution < 1.29 is 14.6 Å². The van der Waals surface area contributed by atoms with Gasteiger partial charge in [0.15, 0.2) is 5.76 Å². The maximum Gasteiger partial charge on any atom is 0.294 e. The van der Waals surface area contributed by atoms with Crippen molar-refractivity contribution in [3.63, 3.8) is 0 Å². The molecule has 1 fully saturated rings. The number of hydrogen-bond donors (Lipinski definition) is 2. The summed E-state index contributed by atoms with van der Waals surface area (Å²) in [4.78, 5) is 11.3. The van der Waals surface area contributed by atoms with E-state index in [4.69, 9.17) is 17.0 Å². The average Bonchev–Trinajstić information content (AvgIpc) is 2.51. The first-order chi connectivity index (χ1) is 7.56. The summed E-state index contributed by atoms with van der Waals surface area (Å²) in [7, 11) is 0. The van der Waals surface area contributed by atoms with Gasteiger partial charge in [0.25, 0.3) is 11.1 Å². The molecule has 0 unspecified atom stereocenters. The summed E-state index contributed by atoms with van der Waals surface area (Å²) in [6.07, 6.45) is 1.54. The molecule has 16 heavy (non-hydrogen) atoms. The first-order valence-corrected chi connectivity index (χ1v) is 5.50. The Morgan fingerprint density at radius 2 is 2.25 bits per heavy atom. The standard InChI is InChI=1S/C10H6BrNO3S/c11-6-3-5(1-2-7(6)13)4-8-9(14)12-10(16)15-8/h1-4,13H,(H,12,14,16)/b8-4-. The van der Waals surface area contributed by atoms with Gasteiger partial charge in [-0.1, -0.05) is 6.07 Å². The number of carbonyl (C=O) groups excluding carboxylic acids is 1. The summed E-state index contributed by atoms with van der Waals surface area (Å²) in [5.74, 6) is -0.0914. The Labute approximate surface area is 105 Å². The van der Waals surface area contributed by atoms with Gasteiger partial charge in [-0.25, -0.2) is 0 Å². The van der Waals surface area contributed by atoms with Crippen molar-refractivity contribution in [1.29, 1.82) is 0 Å². The maximum atomic E-state index is 11.3. The van der Waals surface area contributed by atoms with Crippen LogP contribution >= 0.6 is 28.1 Å². The third-order valence-electron chi connectivity index (χ3n) is 1.91. The molecule has 0 radical (unpaired) electrons. The van der Waals surface area contributed by atoms with Gasteiger partial charge in [0.2, 0.25) is 0 Å². The molecule has 2 rings (SSSR count). The van der Waals surface area contributed by atoms with Gasteiger partial charge in [0, 0.05) is 0 Å². The molecule has 1 saturated heterocycles. The Bertz CT molecular complexity index is 513. The van der Waals surface area contributed by atoms with E-state index < -0.39 is 0 Å². The van der Waals surface area contributed by atoms with E-state index >= 15 is 0 Å². The molecule has 2 N–H and O–H groups in total. The van der Waals surface area contributed by atoms with Gasteiger partial charge in [0.1, 0.15) is 5.75 Å². The number of thiocarbonyl (C=S) groups is 1. The Morgan fingerprint density at radius 3 is 2.81 bits per heavy atom. The first-order valence-electron chi connectivity index (χ1n) is 4.29. The van der Waals surface area contributed by atoms with Crippen molar-refractivity contribution in [2.24, 2.45) is 0 Å². The second-order valence-corrected chi connectivity index (χ2v) is 4.29. The van der Waals surface area contributed by atoms with Crippen LogP contribution in [0.5, 0.6) is 5.75 Å². The summed E-state index contributed by atoms with van der Waals surface area (Å²) in [6, 6.07) is 4.84. The number of phenolic OH excluding ortho intramolecular Hbond substituents is 1. The minimum absolute atomic E-state index is 0.0501. The lowest BCUT2D eigenvalue weighted by atomic mass is 10.2. The summed E-state index contributed by atoms with van der Waals surface area (Å²) in [6.45, 7) is 0. The minimum Gasteiger partial charge on any atom is -0.507 e. The normalized spacial score (nSPS) is 17.4. The van der Waals surface area contributed by atoms with E-state index in [0.29, 0.717) is 4.47 Å². The average molecular weight is 300 g/mol. The molecule has 1 aliphatic heterocycles. The number of phenols is 1. The van der Waals surface area contributed by atoms with Crippen LogP contribution in [0.1, 0.15) is 5.56 Å². The smallest absolute Gasteiger partial charge is 0.294 e. The Hall–Kier alpha value is -1.40. The zero-order valence-electron chi connectivity index (χ0n) is 7.86. The van der Waals surface area contributed by atoms with Crippen molar-refractivity contribution in [1.82, 2.24) is 5.32 Å². The molecule has 0 aliphatic carbocycles. The van der Waals surface area contributed by atoms with Gasteiger partial charge < -0.3 is 9.84 Å².